The molecule has 0 unspecified atom stereocenters. The van der Waals surface area contributed by atoms with Crippen LogP contribution < -0.4 is 16.6 Å². The van der Waals surface area contributed by atoms with Gasteiger partial charge in [-0.3, -0.25) is 14.3 Å². The molecule has 1 aliphatic rings. The first-order valence-corrected chi connectivity index (χ1v) is 8.20. The minimum atomic E-state index is -0.375. The summed E-state index contributed by atoms with van der Waals surface area (Å²) in [6.45, 7) is 5.69. The average Bonchev–Trinajstić information content (AvgIpc) is 2.94. The molecule has 122 valence electrons. The molecule has 0 bridgehead atoms. The lowest BCUT2D eigenvalue weighted by Gasteiger charge is -2.19. The number of aromatic nitrogens is 2. The molecule has 23 heavy (non-hydrogen) atoms. The van der Waals surface area contributed by atoms with Crippen molar-refractivity contribution in [1.29, 1.82) is 0 Å². The first-order chi connectivity index (χ1) is 11.0. The summed E-state index contributed by atoms with van der Waals surface area (Å²) in [6.07, 6.45) is 3.43. The molecule has 1 aromatic carbocycles. The van der Waals surface area contributed by atoms with Crippen LogP contribution in [0, 0.1) is 0 Å². The van der Waals surface area contributed by atoms with Crippen LogP contribution in [0.5, 0.6) is 0 Å². The molecule has 2 N–H and O–H groups in total. The molecule has 0 saturated carbocycles. The molecule has 2 aromatic rings. The van der Waals surface area contributed by atoms with Crippen LogP contribution in [0.3, 0.4) is 0 Å². The molecule has 1 aromatic heterocycles. The smallest absolute Gasteiger partial charge is 0.330 e. The number of aryl methyl sites for hydroxylation is 1. The Balaban J connectivity index is 1.90. The molecule has 0 aliphatic heterocycles. The van der Waals surface area contributed by atoms with Crippen molar-refractivity contribution in [2.24, 2.45) is 0 Å². The van der Waals surface area contributed by atoms with Gasteiger partial charge in [-0.15, -0.1) is 0 Å². The Morgan fingerprint density at radius 2 is 1.96 bits per heavy atom. The van der Waals surface area contributed by atoms with Gasteiger partial charge in [0.15, 0.2) is 0 Å². The van der Waals surface area contributed by atoms with Crippen molar-refractivity contribution in [3.8, 4) is 0 Å². The molecule has 0 amide bonds. The predicted octanol–water partition coefficient (Wildman–Crippen LogP) is 2.78. The van der Waals surface area contributed by atoms with Crippen LogP contribution in [0.25, 0.3) is 0 Å². The van der Waals surface area contributed by atoms with Gasteiger partial charge in [-0.1, -0.05) is 18.2 Å². The summed E-state index contributed by atoms with van der Waals surface area (Å²) in [5.74, 6) is 0.472. The summed E-state index contributed by atoms with van der Waals surface area (Å²) in [6, 6.07) is 7.72. The van der Waals surface area contributed by atoms with Crippen molar-refractivity contribution >= 4 is 5.82 Å². The molecule has 5 heteroatoms. The Morgan fingerprint density at radius 1 is 1.17 bits per heavy atom. The average molecular weight is 313 g/mol. The maximum atomic E-state index is 12.1. The quantitative estimate of drug-likeness (QED) is 0.912. The highest BCUT2D eigenvalue weighted by molar-refractivity contribution is 5.44. The van der Waals surface area contributed by atoms with Gasteiger partial charge in [0.25, 0.3) is 5.56 Å². The van der Waals surface area contributed by atoms with Gasteiger partial charge >= 0.3 is 5.69 Å². The molecule has 0 radical (unpaired) electrons. The maximum absolute atomic E-state index is 12.1. The zero-order chi connectivity index (χ0) is 16.6. The third kappa shape index (κ3) is 2.96. The number of H-pyrrole nitrogens is 1. The molecule has 1 heterocycles. The normalized spacial score (nSPS) is 14.8. The van der Waals surface area contributed by atoms with E-state index >= 15 is 0 Å². The van der Waals surface area contributed by atoms with Gasteiger partial charge in [-0.2, -0.15) is 0 Å². The zero-order valence-corrected chi connectivity index (χ0v) is 13.8. The highest BCUT2D eigenvalue weighted by atomic mass is 16.2. The van der Waals surface area contributed by atoms with Crippen LogP contribution in [0.1, 0.15) is 56.0 Å². The van der Waals surface area contributed by atoms with Gasteiger partial charge in [0.05, 0.1) is 6.04 Å². The Kier molecular flexibility index (Phi) is 4.11. The Bertz CT molecular complexity index is 802. The molecular weight excluding hydrogens is 290 g/mol. The number of nitrogens with one attached hydrogen (secondary N) is 2. The number of hydrogen-bond acceptors (Lipinski definition) is 3. The van der Waals surface area contributed by atoms with Crippen molar-refractivity contribution in [1.82, 2.24) is 9.55 Å². The first kappa shape index (κ1) is 15.6. The van der Waals surface area contributed by atoms with Gasteiger partial charge in [-0.05, 0) is 56.7 Å². The number of rotatable bonds is 4. The van der Waals surface area contributed by atoms with E-state index in [4.69, 9.17) is 0 Å². The van der Waals surface area contributed by atoms with Gasteiger partial charge in [0.1, 0.15) is 5.82 Å². The first-order valence-electron chi connectivity index (χ1n) is 8.20. The Hall–Kier alpha value is -2.30. The molecule has 0 fully saturated rings. The number of fused-ring (bicyclic) bond motifs is 1. The van der Waals surface area contributed by atoms with Crippen LogP contribution in [0.4, 0.5) is 5.82 Å². The van der Waals surface area contributed by atoms with E-state index in [1.165, 1.54) is 33.7 Å². The second-order valence-corrected chi connectivity index (χ2v) is 6.49. The van der Waals surface area contributed by atoms with Crippen LogP contribution in [-0.4, -0.2) is 9.55 Å². The minimum Gasteiger partial charge on any atom is -0.365 e. The fourth-order valence-electron chi connectivity index (χ4n) is 3.44. The SMILES string of the molecule is CC(C)n1c(=O)cc(N[C@@H](C)c2cccc3c2CCC3)[nH]c1=O. The van der Waals surface area contributed by atoms with Crippen LogP contribution in [-0.2, 0) is 12.8 Å². The summed E-state index contributed by atoms with van der Waals surface area (Å²) in [7, 11) is 0. The van der Waals surface area contributed by atoms with Crippen molar-refractivity contribution in [2.75, 3.05) is 5.32 Å². The number of aromatic amines is 1. The van der Waals surface area contributed by atoms with E-state index < -0.39 is 0 Å². The van der Waals surface area contributed by atoms with E-state index in [0.29, 0.717) is 5.82 Å². The number of nitrogens with zero attached hydrogens (tertiary/aromatic N) is 1. The van der Waals surface area contributed by atoms with Crippen LogP contribution in [0.2, 0.25) is 0 Å². The molecule has 3 rings (SSSR count). The van der Waals surface area contributed by atoms with Crippen molar-refractivity contribution in [3.05, 3.63) is 61.8 Å². The summed E-state index contributed by atoms with van der Waals surface area (Å²) in [5, 5.41) is 3.27. The summed E-state index contributed by atoms with van der Waals surface area (Å²) >= 11 is 0. The highest BCUT2D eigenvalue weighted by Crippen LogP contribution is 2.30. The summed E-state index contributed by atoms with van der Waals surface area (Å²) in [5.41, 5.74) is 3.41. The van der Waals surface area contributed by atoms with E-state index in [-0.39, 0.29) is 23.3 Å². The van der Waals surface area contributed by atoms with E-state index in [1.807, 2.05) is 13.8 Å². The largest absolute Gasteiger partial charge is 0.365 e. The monoisotopic (exact) mass is 313 g/mol. The second kappa shape index (κ2) is 6.07. The van der Waals surface area contributed by atoms with Gasteiger partial charge in [0, 0.05) is 12.1 Å². The van der Waals surface area contributed by atoms with Crippen molar-refractivity contribution < 1.29 is 0 Å². The lowest BCUT2D eigenvalue weighted by Crippen LogP contribution is -2.36. The third-order valence-corrected chi connectivity index (χ3v) is 4.50. The van der Waals surface area contributed by atoms with E-state index in [2.05, 4.69) is 35.4 Å². The molecule has 1 aliphatic carbocycles. The second-order valence-electron chi connectivity index (χ2n) is 6.49. The van der Waals surface area contributed by atoms with Crippen molar-refractivity contribution in [2.45, 2.75) is 52.1 Å². The maximum Gasteiger partial charge on any atom is 0.330 e. The third-order valence-electron chi connectivity index (χ3n) is 4.50. The molecular formula is C18H23N3O2. The highest BCUT2D eigenvalue weighted by Gasteiger charge is 2.18. The zero-order valence-electron chi connectivity index (χ0n) is 13.8. The van der Waals surface area contributed by atoms with E-state index in [0.717, 1.165) is 12.8 Å². The van der Waals surface area contributed by atoms with Gasteiger partial charge < -0.3 is 5.32 Å². The standard InChI is InChI=1S/C18H23N3O2/c1-11(2)21-17(22)10-16(20-18(21)23)19-12(3)14-8-4-6-13-7-5-9-15(13)14/h4,6,8,10-12,19H,5,7,9H2,1-3H3,(H,20,23)/t12-/m0/s1. The molecule has 0 spiro atoms. The minimum absolute atomic E-state index is 0.0352. The Morgan fingerprint density at radius 3 is 2.65 bits per heavy atom. The van der Waals surface area contributed by atoms with Crippen LogP contribution >= 0.6 is 0 Å². The molecule has 0 saturated heterocycles. The van der Waals surface area contributed by atoms with E-state index in [1.54, 1.807) is 0 Å². The van der Waals surface area contributed by atoms with Crippen molar-refractivity contribution in [3.63, 3.8) is 0 Å². The molecule has 5 nitrogen and oxygen atoms in total. The fourth-order valence-corrected chi connectivity index (χ4v) is 3.44. The van der Waals surface area contributed by atoms with Crippen LogP contribution in [0.15, 0.2) is 33.9 Å². The lowest BCUT2D eigenvalue weighted by molar-refractivity contribution is 0.546. The van der Waals surface area contributed by atoms with Gasteiger partial charge in [0.2, 0.25) is 0 Å². The number of benzene rings is 1. The van der Waals surface area contributed by atoms with E-state index in [9.17, 15) is 9.59 Å². The fraction of sp³-hybridized carbons (Fsp3) is 0.444. The topological polar surface area (TPSA) is 66.9 Å². The molecule has 1 atom stereocenters. The Labute approximate surface area is 135 Å². The number of hydrogen-bond donors (Lipinski definition) is 2. The summed E-state index contributed by atoms with van der Waals surface area (Å²) < 4.78 is 1.22. The van der Waals surface area contributed by atoms with Gasteiger partial charge in [-0.25, -0.2) is 4.79 Å². The lowest BCUT2D eigenvalue weighted by atomic mass is 9.98. The number of anilines is 1. The predicted molar refractivity (Wildman–Crippen MR) is 92.2 cm³/mol. The summed E-state index contributed by atoms with van der Waals surface area (Å²) in [4.78, 5) is 26.9.